The Hall–Kier alpha value is -1.38. The fourth-order valence-electron chi connectivity index (χ4n) is 1.40. The van der Waals surface area contributed by atoms with Gasteiger partial charge in [-0.15, -0.1) is 12.4 Å². The van der Waals surface area contributed by atoms with Gasteiger partial charge < -0.3 is 15.4 Å². The van der Waals surface area contributed by atoms with Gasteiger partial charge >= 0.3 is 6.18 Å². The van der Waals surface area contributed by atoms with E-state index in [0.717, 1.165) is 6.07 Å². The number of carbonyl (C=O) groups is 1. The molecule has 0 heterocycles. The highest BCUT2D eigenvalue weighted by Crippen LogP contribution is 2.32. The number of methoxy groups -OCH3 is 1. The molecule has 9 heteroatoms. The summed E-state index contributed by atoms with van der Waals surface area (Å²) >= 11 is 0. The minimum absolute atomic E-state index is 0. The largest absolute Gasteiger partial charge is 0.419 e. The second kappa shape index (κ2) is 8.81. The first-order valence-electron chi connectivity index (χ1n) is 5.71. The van der Waals surface area contributed by atoms with Crippen molar-refractivity contribution in [2.75, 3.05) is 32.1 Å². The number of anilines is 1. The number of alkyl halides is 3. The highest BCUT2D eigenvalue weighted by molar-refractivity contribution is 5.92. The van der Waals surface area contributed by atoms with Crippen molar-refractivity contribution in [3.63, 3.8) is 0 Å². The normalized spacial score (nSPS) is 10.9. The van der Waals surface area contributed by atoms with Crippen LogP contribution in [0.15, 0.2) is 18.2 Å². The maximum atomic E-state index is 13.0. The second-order valence-electron chi connectivity index (χ2n) is 3.91. The summed E-state index contributed by atoms with van der Waals surface area (Å²) in [5.41, 5.74) is -1.53. The zero-order valence-electron chi connectivity index (χ0n) is 11.1. The van der Waals surface area contributed by atoms with Gasteiger partial charge in [0.15, 0.2) is 0 Å². The Bertz CT molecular complexity index is 469. The highest BCUT2D eigenvalue weighted by atomic mass is 35.5. The third-order valence-electron chi connectivity index (χ3n) is 2.32. The molecule has 1 aromatic carbocycles. The number of benzene rings is 1. The van der Waals surface area contributed by atoms with Gasteiger partial charge in [0.2, 0.25) is 5.91 Å². The number of amides is 1. The number of carbonyl (C=O) groups excluding carboxylic acids is 1. The number of hydrogen-bond donors (Lipinski definition) is 2. The molecule has 0 unspecified atom stereocenters. The quantitative estimate of drug-likeness (QED) is 0.622. The Morgan fingerprint density at radius 2 is 2.00 bits per heavy atom. The summed E-state index contributed by atoms with van der Waals surface area (Å²) in [6, 6.07) is 2.29. The summed E-state index contributed by atoms with van der Waals surface area (Å²) in [6.45, 7) is 0.755. The third-order valence-corrected chi connectivity index (χ3v) is 2.32. The lowest BCUT2D eigenvalue weighted by Crippen LogP contribution is -2.30. The minimum Gasteiger partial charge on any atom is -0.383 e. The molecule has 0 aliphatic heterocycles. The van der Waals surface area contributed by atoms with Gasteiger partial charge in [-0.05, 0) is 18.2 Å². The maximum absolute atomic E-state index is 13.0. The highest BCUT2D eigenvalue weighted by Gasteiger charge is 2.34. The molecular weight excluding hydrogens is 316 g/mol. The first kappa shape index (κ1) is 19.6. The third kappa shape index (κ3) is 6.74. The fourth-order valence-corrected chi connectivity index (χ4v) is 1.40. The Balaban J connectivity index is 0.00000400. The van der Waals surface area contributed by atoms with E-state index in [1.165, 1.54) is 7.11 Å². The molecule has 1 rings (SSSR count). The standard InChI is InChI=1S/C12H14F4N2O2.ClH/c1-20-5-4-17-7-11(19)18-8-2-3-10(13)9(6-8)12(14,15)16;/h2-3,6,17H,4-5,7H2,1H3,(H,18,19);1H. The maximum Gasteiger partial charge on any atom is 0.419 e. The Kier molecular flexibility index (Phi) is 8.23. The van der Waals surface area contributed by atoms with Crippen molar-refractivity contribution in [3.8, 4) is 0 Å². The van der Waals surface area contributed by atoms with E-state index in [0.29, 0.717) is 25.3 Å². The van der Waals surface area contributed by atoms with E-state index in [1.54, 1.807) is 0 Å². The van der Waals surface area contributed by atoms with Gasteiger partial charge in [0.05, 0.1) is 18.7 Å². The van der Waals surface area contributed by atoms with Crippen LogP contribution >= 0.6 is 12.4 Å². The van der Waals surface area contributed by atoms with Crippen molar-refractivity contribution in [2.45, 2.75) is 6.18 Å². The molecule has 4 nitrogen and oxygen atoms in total. The van der Waals surface area contributed by atoms with Crippen LogP contribution in [0, 0.1) is 5.82 Å². The summed E-state index contributed by atoms with van der Waals surface area (Å²) in [4.78, 5) is 11.4. The number of nitrogens with one attached hydrogen (secondary N) is 2. The molecule has 0 aromatic heterocycles. The van der Waals surface area contributed by atoms with E-state index in [4.69, 9.17) is 4.74 Å². The summed E-state index contributed by atoms with van der Waals surface area (Å²) in [5, 5.41) is 4.98. The van der Waals surface area contributed by atoms with Gasteiger partial charge in [-0.2, -0.15) is 13.2 Å². The van der Waals surface area contributed by atoms with E-state index in [-0.39, 0.29) is 24.6 Å². The number of ether oxygens (including phenoxy) is 1. The first-order chi connectivity index (χ1) is 9.34. The van der Waals surface area contributed by atoms with E-state index >= 15 is 0 Å². The molecule has 120 valence electrons. The molecule has 0 fully saturated rings. The van der Waals surface area contributed by atoms with Gasteiger partial charge in [-0.1, -0.05) is 0 Å². The SMILES string of the molecule is COCCNCC(=O)Nc1ccc(F)c(C(F)(F)F)c1.Cl. The van der Waals surface area contributed by atoms with Crippen molar-refractivity contribution in [1.82, 2.24) is 5.32 Å². The Morgan fingerprint density at radius 1 is 1.33 bits per heavy atom. The zero-order valence-corrected chi connectivity index (χ0v) is 11.9. The Morgan fingerprint density at radius 3 is 2.57 bits per heavy atom. The molecule has 21 heavy (non-hydrogen) atoms. The van der Waals surface area contributed by atoms with E-state index in [2.05, 4.69) is 10.6 Å². The molecule has 1 aromatic rings. The van der Waals surface area contributed by atoms with Gasteiger partial charge in [0.1, 0.15) is 5.82 Å². The summed E-state index contributed by atoms with van der Waals surface area (Å²) < 4.78 is 55.2. The van der Waals surface area contributed by atoms with Crippen LogP contribution in [0.2, 0.25) is 0 Å². The van der Waals surface area contributed by atoms with Crippen molar-refractivity contribution in [2.24, 2.45) is 0 Å². The molecule has 0 radical (unpaired) electrons. The zero-order chi connectivity index (χ0) is 15.2. The van der Waals surface area contributed by atoms with Crippen LogP contribution in [0.4, 0.5) is 23.2 Å². The van der Waals surface area contributed by atoms with Gasteiger partial charge in [0, 0.05) is 19.3 Å². The summed E-state index contributed by atoms with van der Waals surface area (Å²) in [7, 11) is 1.50. The van der Waals surface area contributed by atoms with E-state index in [9.17, 15) is 22.4 Å². The molecule has 2 N–H and O–H groups in total. The summed E-state index contributed by atoms with van der Waals surface area (Å²) in [6.07, 6.45) is -4.80. The molecule has 1 amide bonds. The molecule has 0 aliphatic rings. The van der Waals surface area contributed by atoms with Crippen molar-refractivity contribution in [3.05, 3.63) is 29.6 Å². The average molecular weight is 331 g/mol. The molecule has 0 atom stereocenters. The van der Waals surface area contributed by atoms with Crippen LogP contribution in [-0.2, 0) is 15.7 Å². The van der Waals surface area contributed by atoms with E-state index < -0.39 is 23.5 Å². The number of halogens is 5. The van der Waals surface area contributed by atoms with Crippen LogP contribution in [0.1, 0.15) is 5.56 Å². The van der Waals surface area contributed by atoms with Crippen LogP contribution in [-0.4, -0.2) is 32.7 Å². The lowest BCUT2D eigenvalue weighted by molar-refractivity contribution is -0.140. The number of rotatable bonds is 6. The monoisotopic (exact) mass is 330 g/mol. The molecule has 0 bridgehead atoms. The van der Waals surface area contributed by atoms with Gasteiger partial charge in [0.25, 0.3) is 0 Å². The van der Waals surface area contributed by atoms with Gasteiger partial charge in [-0.3, -0.25) is 4.79 Å². The predicted octanol–water partition coefficient (Wildman–Crippen LogP) is 2.44. The minimum atomic E-state index is -4.80. The predicted molar refractivity (Wildman–Crippen MR) is 72.0 cm³/mol. The fraction of sp³-hybridized carbons (Fsp3) is 0.417. The lowest BCUT2D eigenvalue weighted by Gasteiger charge is -2.11. The van der Waals surface area contributed by atoms with E-state index in [1.807, 2.05) is 0 Å². The smallest absolute Gasteiger partial charge is 0.383 e. The molecule has 0 aliphatic carbocycles. The molecule has 0 saturated carbocycles. The average Bonchev–Trinajstić information content (AvgIpc) is 2.36. The van der Waals surface area contributed by atoms with Gasteiger partial charge in [-0.25, -0.2) is 4.39 Å². The Labute approximate surface area is 125 Å². The van der Waals surface area contributed by atoms with Crippen molar-refractivity contribution >= 4 is 24.0 Å². The molecule has 0 spiro atoms. The summed E-state index contributed by atoms with van der Waals surface area (Å²) in [5.74, 6) is -1.91. The second-order valence-corrected chi connectivity index (χ2v) is 3.91. The van der Waals surface area contributed by atoms with Crippen LogP contribution in [0.25, 0.3) is 0 Å². The lowest BCUT2D eigenvalue weighted by atomic mass is 10.2. The van der Waals surface area contributed by atoms with Crippen molar-refractivity contribution < 1.29 is 27.1 Å². The van der Waals surface area contributed by atoms with Crippen LogP contribution in [0.5, 0.6) is 0 Å². The topological polar surface area (TPSA) is 50.4 Å². The van der Waals surface area contributed by atoms with Crippen LogP contribution in [0.3, 0.4) is 0 Å². The number of hydrogen-bond acceptors (Lipinski definition) is 3. The van der Waals surface area contributed by atoms with Crippen molar-refractivity contribution in [1.29, 1.82) is 0 Å². The first-order valence-corrected chi connectivity index (χ1v) is 5.71. The van der Waals surface area contributed by atoms with Crippen LogP contribution < -0.4 is 10.6 Å². The molecular formula is C12H15ClF4N2O2. The molecule has 0 saturated heterocycles.